The average Bonchev–Trinajstić information content (AvgIpc) is 2.94. The number of esters is 1. The second-order valence-corrected chi connectivity index (χ2v) is 4.25. The molecule has 0 atom stereocenters. The van der Waals surface area contributed by atoms with Gasteiger partial charge in [-0.15, -0.1) is 0 Å². The highest BCUT2D eigenvalue weighted by Gasteiger charge is 2.03. The van der Waals surface area contributed by atoms with E-state index in [2.05, 4.69) is 9.97 Å². The van der Waals surface area contributed by atoms with E-state index in [0.717, 1.165) is 16.6 Å². The van der Waals surface area contributed by atoms with E-state index in [4.69, 9.17) is 4.74 Å². The lowest BCUT2D eigenvalue weighted by Crippen LogP contribution is -2.03. The molecule has 0 saturated carbocycles. The van der Waals surface area contributed by atoms with Crippen molar-refractivity contribution in [2.45, 2.75) is 0 Å². The molecule has 0 unspecified atom stereocenters. The first-order valence-electron chi connectivity index (χ1n) is 6.19. The van der Waals surface area contributed by atoms with Crippen molar-refractivity contribution >= 4 is 23.1 Å². The summed E-state index contributed by atoms with van der Waals surface area (Å²) in [7, 11) is 0. The van der Waals surface area contributed by atoms with Crippen LogP contribution in [0.1, 0.15) is 5.56 Å². The van der Waals surface area contributed by atoms with Gasteiger partial charge in [-0.05, 0) is 23.8 Å². The van der Waals surface area contributed by atoms with Crippen molar-refractivity contribution in [3.05, 3.63) is 66.5 Å². The summed E-state index contributed by atoms with van der Waals surface area (Å²) < 4.78 is 5.24. The minimum absolute atomic E-state index is 0.410. The number of nitrogens with zero attached hydrogens (tertiary/aromatic N) is 1. The number of hydrogen-bond donors (Lipinski definition) is 1. The monoisotopic (exact) mass is 264 g/mol. The first-order valence-corrected chi connectivity index (χ1v) is 6.19. The molecule has 98 valence electrons. The molecule has 1 N–H and O–H groups in total. The number of carbonyl (C=O) groups is 1. The summed E-state index contributed by atoms with van der Waals surface area (Å²) in [5, 5.41) is 0. The van der Waals surface area contributed by atoms with Gasteiger partial charge < -0.3 is 9.72 Å². The lowest BCUT2D eigenvalue weighted by Gasteiger charge is -2.00. The van der Waals surface area contributed by atoms with Gasteiger partial charge in [-0.3, -0.25) is 0 Å². The van der Waals surface area contributed by atoms with Crippen LogP contribution < -0.4 is 4.74 Å². The molecule has 2 aromatic carbocycles. The Morgan fingerprint density at radius 2 is 2.00 bits per heavy atom. The van der Waals surface area contributed by atoms with Crippen LogP contribution in [0.15, 0.2) is 60.9 Å². The van der Waals surface area contributed by atoms with E-state index in [9.17, 15) is 4.79 Å². The van der Waals surface area contributed by atoms with Crippen LogP contribution in [-0.4, -0.2) is 15.9 Å². The van der Waals surface area contributed by atoms with Gasteiger partial charge in [0, 0.05) is 12.1 Å². The van der Waals surface area contributed by atoms with Gasteiger partial charge in [-0.1, -0.05) is 30.3 Å². The predicted molar refractivity (Wildman–Crippen MR) is 77.2 cm³/mol. The van der Waals surface area contributed by atoms with Crippen LogP contribution in [0, 0.1) is 0 Å². The molecule has 1 aromatic heterocycles. The summed E-state index contributed by atoms with van der Waals surface area (Å²) in [6.45, 7) is 0. The van der Waals surface area contributed by atoms with Crippen molar-refractivity contribution in [3.8, 4) is 5.75 Å². The number of carbonyl (C=O) groups excluding carboxylic acids is 1. The normalized spacial score (nSPS) is 11.0. The largest absolute Gasteiger partial charge is 0.423 e. The number of hydrogen-bond acceptors (Lipinski definition) is 3. The second-order valence-electron chi connectivity index (χ2n) is 4.25. The van der Waals surface area contributed by atoms with Crippen LogP contribution in [0.3, 0.4) is 0 Å². The number of benzene rings is 2. The molecule has 0 bridgehead atoms. The van der Waals surface area contributed by atoms with Gasteiger partial charge in [0.1, 0.15) is 5.75 Å². The summed E-state index contributed by atoms with van der Waals surface area (Å²) in [5.41, 5.74) is 2.63. The Bertz CT molecular complexity index is 760. The van der Waals surface area contributed by atoms with Crippen molar-refractivity contribution in [1.82, 2.24) is 9.97 Å². The fourth-order valence-electron chi connectivity index (χ4n) is 1.86. The van der Waals surface area contributed by atoms with Gasteiger partial charge in [-0.25, -0.2) is 9.78 Å². The summed E-state index contributed by atoms with van der Waals surface area (Å²) in [4.78, 5) is 18.8. The van der Waals surface area contributed by atoms with Crippen molar-refractivity contribution < 1.29 is 9.53 Å². The second kappa shape index (κ2) is 5.40. The lowest BCUT2D eigenvalue weighted by molar-refractivity contribution is -0.128. The smallest absolute Gasteiger partial charge is 0.336 e. The van der Waals surface area contributed by atoms with Crippen molar-refractivity contribution in [2.24, 2.45) is 0 Å². The summed E-state index contributed by atoms with van der Waals surface area (Å²) >= 11 is 0. The molecule has 0 aliphatic carbocycles. The zero-order chi connectivity index (χ0) is 13.8. The zero-order valence-electron chi connectivity index (χ0n) is 10.6. The third-order valence-corrected chi connectivity index (χ3v) is 2.82. The van der Waals surface area contributed by atoms with E-state index >= 15 is 0 Å². The zero-order valence-corrected chi connectivity index (χ0v) is 10.6. The molecule has 0 fully saturated rings. The van der Waals surface area contributed by atoms with E-state index < -0.39 is 5.97 Å². The number of ether oxygens (including phenoxy) is 1. The fraction of sp³-hybridized carbons (Fsp3) is 0. The Balaban J connectivity index is 1.70. The maximum Gasteiger partial charge on any atom is 0.336 e. The molecule has 4 heteroatoms. The minimum atomic E-state index is -0.410. The van der Waals surface area contributed by atoms with Crippen LogP contribution in [0.4, 0.5) is 0 Å². The van der Waals surface area contributed by atoms with Gasteiger partial charge in [0.25, 0.3) is 0 Å². The van der Waals surface area contributed by atoms with Gasteiger partial charge >= 0.3 is 5.97 Å². The van der Waals surface area contributed by atoms with Gasteiger partial charge in [0.15, 0.2) is 0 Å². The van der Waals surface area contributed by atoms with Crippen LogP contribution in [-0.2, 0) is 4.79 Å². The van der Waals surface area contributed by atoms with Crippen LogP contribution in [0.25, 0.3) is 17.1 Å². The number of rotatable bonds is 3. The van der Waals surface area contributed by atoms with Gasteiger partial charge in [-0.2, -0.15) is 0 Å². The molecule has 3 rings (SSSR count). The molecule has 1 heterocycles. The predicted octanol–water partition coefficient (Wildman–Crippen LogP) is 3.18. The van der Waals surface area contributed by atoms with Crippen molar-refractivity contribution in [2.75, 3.05) is 0 Å². The van der Waals surface area contributed by atoms with Crippen molar-refractivity contribution in [1.29, 1.82) is 0 Å². The van der Waals surface area contributed by atoms with Crippen LogP contribution in [0.5, 0.6) is 5.75 Å². The number of nitrogens with one attached hydrogen (secondary N) is 1. The molecule has 0 saturated heterocycles. The van der Waals surface area contributed by atoms with Gasteiger partial charge in [0.05, 0.1) is 17.4 Å². The molecule has 4 nitrogen and oxygen atoms in total. The topological polar surface area (TPSA) is 55.0 Å². The van der Waals surface area contributed by atoms with Crippen LogP contribution >= 0.6 is 0 Å². The quantitative estimate of drug-likeness (QED) is 0.449. The average molecular weight is 264 g/mol. The summed E-state index contributed by atoms with van der Waals surface area (Å²) in [6.07, 6.45) is 4.73. The Labute approximate surface area is 115 Å². The maximum atomic E-state index is 11.7. The molecular weight excluding hydrogens is 252 g/mol. The molecule has 0 radical (unpaired) electrons. The molecule has 3 aromatic rings. The van der Waals surface area contributed by atoms with Crippen molar-refractivity contribution in [3.63, 3.8) is 0 Å². The Kier molecular flexibility index (Phi) is 3.29. The lowest BCUT2D eigenvalue weighted by atomic mass is 10.2. The first-order chi connectivity index (χ1) is 9.81. The molecule has 20 heavy (non-hydrogen) atoms. The molecular formula is C16H12N2O2. The number of aromatic amines is 1. The van der Waals surface area contributed by atoms with E-state index in [1.54, 1.807) is 30.6 Å². The molecule has 0 spiro atoms. The van der Waals surface area contributed by atoms with E-state index in [-0.39, 0.29) is 0 Å². The third-order valence-electron chi connectivity index (χ3n) is 2.82. The van der Waals surface area contributed by atoms with E-state index in [0.29, 0.717) is 5.75 Å². The Morgan fingerprint density at radius 3 is 2.85 bits per heavy atom. The molecule has 0 aliphatic heterocycles. The Morgan fingerprint density at radius 1 is 1.15 bits per heavy atom. The highest BCUT2D eigenvalue weighted by Crippen LogP contribution is 2.18. The SMILES string of the molecule is O=C(/C=C/c1ccccc1)Oc1ccc2nc[nH]c2c1. The summed E-state index contributed by atoms with van der Waals surface area (Å²) in [5.74, 6) is 0.0807. The van der Waals surface area contributed by atoms with Gasteiger partial charge in [0.2, 0.25) is 0 Å². The molecule has 0 amide bonds. The fourth-order valence-corrected chi connectivity index (χ4v) is 1.86. The van der Waals surface area contributed by atoms with E-state index in [1.807, 2.05) is 30.3 Å². The number of imidazole rings is 1. The number of aromatic nitrogens is 2. The maximum absolute atomic E-state index is 11.7. The van der Waals surface area contributed by atoms with Crippen LogP contribution in [0.2, 0.25) is 0 Å². The number of fused-ring (bicyclic) bond motifs is 1. The first kappa shape index (κ1) is 12.2. The summed E-state index contributed by atoms with van der Waals surface area (Å²) in [6, 6.07) is 14.9. The number of H-pyrrole nitrogens is 1. The Hall–Kier alpha value is -2.88. The highest BCUT2D eigenvalue weighted by atomic mass is 16.5. The van der Waals surface area contributed by atoms with E-state index in [1.165, 1.54) is 6.08 Å². The third kappa shape index (κ3) is 2.75. The standard InChI is InChI=1S/C16H12N2O2/c19-16(9-6-12-4-2-1-3-5-12)20-13-7-8-14-15(10-13)18-11-17-14/h1-11H,(H,17,18)/b9-6+. The molecule has 0 aliphatic rings. The minimum Gasteiger partial charge on any atom is -0.423 e. The highest BCUT2D eigenvalue weighted by molar-refractivity contribution is 5.89.